The van der Waals surface area contributed by atoms with E-state index in [0.29, 0.717) is 48.8 Å². The monoisotopic (exact) mass is 558 g/mol. The van der Waals surface area contributed by atoms with Crippen molar-refractivity contribution in [2.24, 2.45) is 16.6 Å². The number of nitrogens with zero attached hydrogens (tertiary/aromatic N) is 2. The molecule has 2 amide bonds. The van der Waals surface area contributed by atoms with E-state index in [0.717, 1.165) is 43.2 Å². The number of nitrogens with one attached hydrogen (secondary N) is 1. The van der Waals surface area contributed by atoms with Crippen LogP contribution in [-0.2, 0) is 16.0 Å². The second-order valence-corrected chi connectivity index (χ2v) is 12.4. The van der Waals surface area contributed by atoms with Crippen molar-refractivity contribution in [2.75, 3.05) is 20.3 Å². The first-order valence-corrected chi connectivity index (χ1v) is 14.9. The highest BCUT2D eigenvalue weighted by atomic mass is 16.5. The second-order valence-electron chi connectivity index (χ2n) is 12.4. The van der Waals surface area contributed by atoms with E-state index in [1.54, 1.807) is 30.2 Å². The maximum Gasteiger partial charge on any atom is 0.251 e. The van der Waals surface area contributed by atoms with Gasteiger partial charge in [0.15, 0.2) is 5.96 Å². The number of carbonyl (C=O) groups is 2. The first-order chi connectivity index (χ1) is 19.8. The van der Waals surface area contributed by atoms with E-state index in [4.69, 9.17) is 20.2 Å². The quantitative estimate of drug-likeness (QED) is 0.530. The zero-order chi connectivity index (χ0) is 28.5. The molecule has 0 radical (unpaired) electrons. The van der Waals surface area contributed by atoms with E-state index in [2.05, 4.69) is 24.4 Å². The van der Waals surface area contributed by atoms with Gasteiger partial charge in [-0.25, -0.2) is 4.99 Å². The molecule has 216 valence electrons. The highest BCUT2D eigenvalue weighted by Gasteiger charge is 2.46. The molecule has 6 atom stereocenters. The molecule has 4 N–H and O–H groups in total. The zero-order valence-corrected chi connectivity index (χ0v) is 23.7. The minimum atomic E-state index is -0.678. The Kier molecular flexibility index (Phi) is 6.35. The average Bonchev–Trinajstić information content (AvgIpc) is 3.54. The van der Waals surface area contributed by atoms with Gasteiger partial charge in [0.2, 0.25) is 5.91 Å². The summed E-state index contributed by atoms with van der Waals surface area (Å²) in [4.78, 5) is 34.2. The van der Waals surface area contributed by atoms with Crippen molar-refractivity contribution in [3.05, 3.63) is 63.7 Å². The van der Waals surface area contributed by atoms with Crippen LogP contribution in [0, 0.1) is 5.92 Å². The summed E-state index contributed by atoms with van der Waals surface area (Å²) in [6.45, 7) is 2.79. The van der Waals surface area contributed by atoms with Gasteiger partial charge in [-0.05, 0) is 59.7 Å². The Morgan fingerprint density at radius 2 is 2.00 bits per heavy atom. The smallest absolute Gasteiger partial charge is 0.251 e. The fourth-order valence-corrected chi connectivity index (χ4v) is 7.69. The van der Waals surface area contributed by atoms with E-state index in [1.165, 1.54) is 11.1 Å². The molecule has 0 spiro atoms. The van der Waals surface area contributed by atoms with Gasteiger partial charge in [-0.15, -0.1) is 0 Å². The molecule has 9 nitrogen and oxygen atoms in total. The van der Waals surface area contributed by atoms with E-state index >= 15 is 0 Å². The lowest BCUT2D eigenvalue weighted by molar-refractivity contribution is -0.133. The van der Waals surface area contributed by atoms with Crippen LogP contribution in [-0.4, -0.2) is 59.7 Å². The molecular weight excluding hydrogens is 520 g/mol. The van der Waals surface area contributed by atoms with Crippen molar-refractivity contribution in [3.8, 4) is 5.75 Å². The molecule has 2 unspecified atom stereocenters. The molecule has 6 bridgehead atoms. The lowest BCUT2D eigenvalue weighted by Gasteiger charge is -2.44. The number of fused-ring (bicyclic) bond motifs is 5. The molecule has 6 aliphatic rings. The molecule has 0 aromatic heterocycles. The van der Waals surface area contributed by atoms with Crippen LogP contribution in [0.5, 0.6) is 5.75 Å². The topological polar surface area (TPSA) is 126 Å². The lowest BCUT2D eigenvalue weighted by Crippen LogP contribution is -2.55. The van der Waals surface area contributed by atoms with Gasteiger partial charge in [0.05, 0.1) is 43.4 Å². The van der Waals surface area contributed by atoms with Crippen LogP contribution < -0.4 is 15.8 Å². The number of hydrogen-bond acceptors (Lipinski definition) is 7. The molecule has 2 aliphatic carbocycles. The maximum atomic E-state index is 13.9. The number of methoxy groups -OCH3 is 1. The van der Waals surface area contributed by atoms with E-state index in [1.807, 2.05) is 0 Å². The number of carbonyl (C=O) groups excluding carboxylic acids is 2. The van der Waals surface area contributed by atoms with Crippen molar-refractivity contribution in [1.82, 2.24) is 10.2 Å². The van der Waals surface area contributed by atoms with Crippen molar-refractivity contribution in [1.29, 1.82) is 0 Å². The Hall–Kier alpha value is -3.43. The normalized spacial score (nSPS) is 31.9. The molecule has 0 saturated carbocycles. The number of ether oxygens (including phenoxy) is 2. The minimum absolute atomic E-state index is 0.0607. The summed E-state index contributed by atoms with van der Waals surface area (Å²) < 4.78 is 11.6. The number of aliphatic hydroxyl groups excluding tert-OH is 1. The summed E-state index contributed by atoms with van der Waals surface area (Å²) in [6, 6.07) is 8.78. The Balaban J connectivity index is 1.32. The van der Waals surface area contributed by atoms with Crippen LogP contribution in [0.25, 0.3) is 0 Å². The van der Waals surface area contributed by atoms with Gasteiger partial charge in [0.1, 0.15) is 5.75 Å². The first kappa shape index (κ1) is 26.5. The average molecular weight is 559 g/mol. The molecule has 41 heavy (non-hydrogen) atoms. The number of hydrogen-bond donors (Lipinski definition) is 3. The van der Waals surface area contributed by atoms with Gasteiger partial charge in [-0.2, -0.15) is 0 Å². The Labute approximate surface area is 240 Å². The SMILES string of the molecule is CCC12CCCCC3c4cc5c(cc43)[C@@H](NC(=O)c3ccc4c(c3)[C@@H]([C@H](COC)CO4)N(C(=O)C1)C(N)=N2)[C@H](O)C5. The highest BCUT2D eigenvalue weighted by molar-refractivity contribution is 6.00. The van der Waals surface area contributed by atoms with Crippen molar-refractivity contribution >= 4 is 17.8 Å². The summed E-state index contributed by atoms with van der Waals surface area (Å²) in [5.74, 6) is 0.720. The van der Waals surface area contributed by atoms with Crippen molar-refractivity contribution in [2.45, 2.75) is 81.5 Å². The molecule has 2 aromatic carbocycles. The summed E-state index contributed by atoms with van der Waals surface area (Å²) in [7, 11) is 1.62. The van der Waals surface area contributed by atoms with Gasteiger partial charge < -0.3 is 25.6 Å². The molecular formula is C32H38N4O5. The molecule has 4 aliphatic heterocycles. The number of guanidine groups is 1. The van der Waals surface area contributed by atoms with E-state index in [9.17, 15) is 14.7 Å². The molecule has 4 heterocycles. The largest absolute Gasteiger partial charge is 0.493 e. The number of benzene rings is 2. The van der Waals surface area contributed by atoms with Crippen LogP contribution >= 0.6 is 0 Å². The number of rotatable bonds is 3. The second kappa shape index (κ2) is 9.84. The van der Waals surface area contributed by atoms with Crippen LogP contribution in [0.15, 0.2) is 35.3 Å². The third-order valence-electron chi connectivity index (χ3n) is 9.99. The van der Waals surface area contributed by atoms with Gasteiger partial charge in [-0.3, -0.25) is 14.5 Å². The van der Waals surface area contributed by atoms with Crippen LogP contribution in [0.3, 0.4) is 0 Å². The van der Waals surface area contributed by atoms with Gasteiger partial charge >= 0.3 is 0 Å². The predicted octanol–water partition coefficient (Wildman–Crippen LogP) is 3.49. The summed E-state index contributed by atoms with van der Waals surface area (Å²) in [5, 5.41) is 14.0. The Morgan fingerprint density at radius 1 is 1.17 bits per heavy atom. The lowest BCUT2D eigenvalue weighted by atomic mass is 9.83. The highest BCUT2D eigenvalue weighted by Crippen LogP contribution is 2.51. The van der Waals surface area contributed by atoms with Crippen LogP contribution in [0.2, 0.25) is 0 Å². The molecule has 9 heteroatoms. The van der Waals surface area contributed by atoms with Crippen molar-refractivity contribution < 1.29 is 24.2 Å². The van der Waals surface area contributed by atoms with E-state index < -0.39 is 23.7 Å². The number of aliphatic imine (C=N–C) groups is 1. The van der Waals surface area contributed by atoms with Gasteiger partial charge in [0, 0.05) is 36.5 Å². The van der Waals surface area contributed by atoms with Gasteiger partial charge in [0.25, 0.3) is 5.91 Å². The summed E-state index contributed by atoms with van der Waals surface area (Å²) in [6.07, 6.45) is 4.76. The minimum Gasteiger partial charge on any atom is -0.493 e. The van der Waals surface area contributed by atoms with E-state index in [-0.39, 0.29) is 23.7 Å². The number of nitrogens with two attached hydrogens (primary N) is 1. The maximum absolute atomic E-state index is 13.9. The fraction of sp³-hybridized carbons (Fsp3) is 0.531. The predicted molar refractivity (Wildman–Crippen MR) is 153 cm³/mol. The molecule has 0 fully saturated rings. The zero-order valence-electron chi connectivity index (χ0n) is 23.7. The standard InChI is InChI=1S/C32H38N4O5/c1-3-32-9-5-4-6-20-22-11-18-12-25(37)28(21(18)13-23(20)22)34-30(39)17-7-8-26-24(10-17)29(19(15-40-2)16-41-26)36(27(38)14-32)31(33)35-32/h7-8,10-11,13,19-20,25,28-29,37H,3-6,9,12,14-16H2,1-2H3,(H2,33,35)(H,34,39)/t19-,20?,25-,28-,29-,32?/m1/s1. The third kappa shape index (κ3) is 4.32. The first-order valence-electron chi connectivity index (χ1n) is 14.9. The van der Waals surface area contributed by atoms with Crippen LogP contribution in [0.4, 0.5) is 0 Å². The Bertz CT molecular complexity index is 1460. The molecule has 8 rings (SSSR count). The summed E-state index contributed by atoms with van der Waals surface area (Å²) in [5.41, 5.74) is 12.1. The fourth-order valence-electron chi connectivity index (χ4n) is 7.69. The molecule has 0 saturated heterocycles. The Morgan fingerprint density at radius 3 is 2.78 bits per heavy atom. The summed E-state index contributed by atoms with van der Waals surface area (Å²) >= 11 is 0. The number of amides is 2. The third-order valence-corrected chi connectivity index (χ3v) is 9.99. The number of aliphatic hydroxyl groups is 1. The van der Waals surface area contributed by atoms with Gasteiger partial charge in [-0.1, -0.05) is 31.9 Å². The molecule has 2 aromatic rings. The van der Waals surface area contributed by atoms with Crippen molar-refractivity contribution in [3.63, 3.8) is 0 Å². The van der Waals surface area contributed by atoms with Crippen LogP contribution in [0.1, 0.15) is 102 Å².